The number of aliphatic carboxylic acids is 1. The molecule has 0 fully saturated rings. The summed E-state index contributed by atoms with van der Waals surface area (Å²) in [5.41, 5.74) is 2.99. The summed E-state index contributed by atoms with van der Waals surface area (Å²) in [6.45, 7) is 7.92. The van der Waals surface area contributed by atoms with E-state index >= 15 is 0 Å². The van der Waals surface area contributed by atoms with Crippen LogP contribution in [0.4, 0.5) is 0 Å². The summed E-state index contributed by atoms with van der Waals surface area (Å²) < 4.78 is 5.29. The lowest BCUT2D eigenvalue weighted by molar-refractivity contribution is -0.139. The number of carboxylic acids is 1. The van der Waals surface area contributed by atoms with Crippen molar-refractivity contribution in [2.45, 2.75) is 40.0 Å². The van der Waals surface area contributed by atoms with Gasteiger partial charge in [0.15, 0.2) is 6.61 Å². The first-order valence-electron chi connectivity index (χ1n) is 8.46. The fourth-order valence-electron chi connectivity index (χ4n) is 2.55. The molecule has 140 valence electrons. The third kappa shape index (κ3) is 5.29. The number of amides is 1. The number of aryl methyl sites for hydroxylation is 2. The molecule has 26 heavy (non-hydrogen) atoms. The van der Waals surface area contributed by atoms with Crippen LogP contribution in [0.5, 0.6) is 5.75 Å². The molecule has 2 rings (SSSR count). The van der Waals surface area contributed by atoms with Crippen LogP contribution >= 0.6 is 11.3 Å². The second kappa shape index (κ2) is 8.80. The van der Waals surface area contributed by atoms with Crippen LogP contribution in [0.1, 0.15) is 52.0 Å². The van der Waals surface area contributed by atoms with Gasteiger partial charge in [0.1, 0.15) is 5.75 Å². The highest BCUT2D eigenvalue weighted by Gasteiger charge is 2.13. The minimum atomic E-state index is -1.03. The Morgan fingerprint density at radius 3 is 2.46 bits per heavy atom. The van der Waals surface area contributed by atoms with Crippen molar-refractivity contribution in [3.8, 4) is 5.75 Å². The quantitative estimate of drug-likeness (QED) is 0.738. The van der Waals surface area contributed by atoms with Gasteiger partial charge in [-0.25, -0.2) is 9.78 Å². The van der Waals surface area contributed by atoms with Gasteiger partial charge in [-0.15, -0.1) is 11.3 Å². The number of ether oxygens (including phenoxy) is 1. The number of carbonyl (C=O) groups excluding carboxylic acids is 1. The van der Waals surface area contributed by atoms with Crippen LogP contribution in [0.2, 0.25) is 0 Å². The van der Waals surface area contributed by atoms with Gasteiger partial charge in [-0.1, -0.05) is 13.8 Å². The molecular formula is C19H24N2O4S. The molecule has 7 heteroatoms. The number of nitrogens with one attached hydrogen (secondary N) is 1. The first-order chi connectivity index (χ1) is 12.3. The monoisotopic (exact) mass is 376 g/mol. The maximum Gasteiger partial charge on any atom is 0.341 e. The van der Waals surface area contributed by atoms with Crippen molar-refractivity contribution < 1.29 is 19.4 Å². The summed E-state index contributed by atoms with van der Waals surface area (Å²) >= 11 is 1.65. The predicted molar refractivity (Wildman–Crippen MR) is 101 cm³/mol. The number of carboxylic acid groups (broad SMARTS) is 1. The first-order valence-corrected chi connectivity index (χ1v) is 9.34. The maximum absolute atomic E-state index is 12.4. The number of hydrogen-bond donors (Lipinski definition) is 2. The van der Waals surface area contributed by atoms with Crippen molar-refractivity contribution in [1.29, 1.82) is 0 Å². The predicted octanol–water partition coefficient (Wildman–Crippen LogP) is 3.32. The smallest absolute Gasteiger partial charge is 0.341 e. The fraction of sp³-hybridized carbons (Fsp3) is 0.421. The number of hydrogen-bond acceptors (Lipinski definition) is 5. The molecule has 0 spiro atoms. The molecule has 1 aromatic carbocycles. The van der Waals surface area contributed by atoms with Gasteiger partial charge in [-0.05, 0) is 37.1 Å². The lowest BCUT2D eigenvalue weighted by Crippen LogP contribution is -2.26. The van der Waals surface area contributed by atoms with Gasteiger partial charge in [0.05, 0.1) is 10.7 Å². The molecule has 0 aliphatic carbocycles. The summed E-state index contributed by atoms with van der Waals surface area (Å²) in [6, 6.07) is 3.42. The van der Waals surface area contributed by atoms with E-state index in [0.29, 0.717) is 30.2 Å². The summed E-state index contributed by atoms with van der Waals surface area (Å²) in [5.74, 6) is -0.280. The van der Waals surface area contributed by atoms with E-state index in [-0.39, 0.29) is 5.91 Å². The molecule has 1 heterocycles. The van der Waals surface area contributed by atoms with Gasteiger partial charge in [0, 0.05) is 29.8 Å². The Balaban J connectivity index is 1.95. The highest BCUT2D eigenvalue weighted by Crippen LogP contribution is 2.25. The highest BCUT2D eigenvalue weighted by molar-refractivity contribution is 7.09. The number of carbonyl (C=O) groups is 2. The second-order valence-electron chi connectivity index (χ2n) is 6.46. The van der Waals surface area contributed by atoms with Crippen molar-refractivity contribution in [3.63, 3.8) is 0 Å². The van der Waals surface area contributed by atoms with Crippen LogP contribution in [0.15, 0.2) is 17.5 Å². The van der Waals surface area contributed by atoms with E-state index in [2.05, 4.69) is 24.1 Å². The molecule has 0 unspecified atom stereocenters. The molecule has 0 aliphatic rings. The van der Waals surface area contributed by atoms with Gasteiger partial charge in [0.2, 0.25) is 0 Å². The minimum absolute atomic E-state index is 0.166. The van der Waals surface area contributed by atoms with Crippen LogP contribution in [0.3, 0.4) is 0 Å². The van der Waals surface area contributed by atoms with E-state index in [1.54, 1.807) is 37.3 Å². The number of nitrogens with zero attached hydrogens (tertiary/aromatic N) is 1. The molecule has 0 saturated carbocycles. The van der Waals surface area contributed by atoms with E-state index in [9.17, 15) is 9.59 Å². The molecule has 1 aromatic heterocycles. The Morgan fingerprint density at radius 2 is 1.92 bits per heavy atom. The number of benzene rings is 1. The highest BCUT2D eigenvalue weighted by atomic mass is 32.1. The second-order valence-corrected chi connectivity index (χ2v) is 7.35. The summed E-state index contributed by atoms with van der Waals surface area (Å²) in [6.07, 6.45) is 0.687. The van der Waals surface area contributed by atoms with Crippen molar-refractivity contribution in [3.05, 3.63) is 44.9 Å². The molecular weight excluding hydrogens is 352 g/mol. The van der Waals surface area contributed by atoms with E-state index in [1.807, 2.05) is 5.38 Å². The largest absolute Gasteiger partial charge is 0.481 e. The van der Waals surface area contributed by atoms with E-state index < -0.39 is 12.6 Å². The van der Waals surface area contributed by atoms with Crippen molar-refractivity contribution in [1.82, 2.24) is 10.3 Å². The van der Waals surface area contributed by atoms with E-state index in [0.717, 1.165) is 21.8 Å². The van der Waals surface area contributed by atoms with E-state index in [4.69, 9.17) is 9.84 Å². The minimum Gasteiger partial charge on any atom is -0.481 e. The van der Waals surface area contributed by atoms with E-state index in [1.165, 1.54) is 0 Å². The lowest BCUT2D eigenvalue weighted by atomic mass is 10.0. The Hall–Kier alpha value is -2.41. The lowest BCUT2D eigenvalue weighted by Gasteiger charge is -2.13. The molecule has 6 nitrogen and oxygen atoms in total. The molecule has 0 aliphatic heterocycles. The Bertz CT molecular complexity index is 776. The summed E-state index contributed by atoms with van der Waals surface area (Å²) in [7, 11) is 0. The van der Waals surface area contributed by atoms with Crippen LogP contribution in [0, 0.1) is 13.8 Å². The van der Waals surface area contributed by atoms with Gasteiger partial charge >= 0.3 is 5.97 Å². The Morgan fingerprint density at radius 1 is 1.27 bits per heavy atom. The molecule has 0 radical (unpaired) electrons. The Kier molecular flexibility index (Phi) is 6.74. The maximum atomic E-state index is 12.4. The zero-order valence-corrected chi connectivity index (χ0v) is 16.3. The third-order valence-electron chi connectivity index (χ3n) is 3.79. The van der Waals surface area contributed by atoms with Crippen molar-refractivity contribution in [2.75, 3.05) is 13.2 Å². The van der Waals surface area contributed by atoms with Crippen molar-refractivity contribution >= 4 is 23.2 Å². The average molecular weight is 376 g/mol. The number of aromatic nitrogens is 1. The summed E-state index contributed by atoms with van der Waals surface area (Å²) in [4.78, 5) is 27.6. The molecule has 0 saturated heterocycles. The van der Waals surface area contributed by atoms with Crippen LogP contribution in [-0.4, -0.2) is 35.1 Å². The molecule has 0 bridgehead atoms. The normalized spacial score (nSPS) is 10.8. The van der Waals surface area contributed by atoms with Gasteiger partial charge < -0.3 is 15.2 Å². The number of thiazole rings is 1. The first kappa shape index (κ1) is 19.9. The van der Waals surface area contributed by atoms with Crippen LogP contribution in [-0.2, 0) is 11.2 Å². The molecule has 2 N–H and O–H groups in total. The zero-order valence-electron chi connectivity index (χ0n) is 15.5. The fourth-order valence-corrected chi connectivity index (χ4v) is 3.42. The van der Waals surface area contributed by atoms with Crippen molar-refractivity contribution in [2.24, 2.45) is 0 Å². The SMILES string of the molecule is Cc1cc(C(=O)NCCc2csc(C(C)C)n2)cc(C)c1OCC(=O)O. The standard InChI is InChI=1S/C19H24N2O4S/c1-11(2)19-21-15(10-26-19)5-6-20-18(24)14-7-12(3)17(13(4)8-14)25-9-16(22)23/h7-8,10-11H,5-6,9H2,1-4H3,(H,20,24)(H,22,23). The van der Waals surface area contributed by atoms with Gasteiger partial charge in [-0.2, -0.15) is 0 Å². The molecule has 1 amide bonds. The van der Waals surface area contributed by atoms with Crippen LogP contribution in [0.25, 0.3) is 0 Å². The topological polar surface area (TPSA) is 88.5 Å². The molecule has 2 aromatic rings. The van der Waals surface area contributed by atoms with Gasteiger partial charge in [0.25, 0.3) is 5.91 Å². The Labute approximate surface area is 157 Å². The summed E-state index contributed by atoms with van der Waals surface area (Å²) in [5, 5.41) is 14.8. The average Bonchev–Trinajstić information content (AvgIpc) is 3.02. The number of rotatable bonds is 8. The third-order valence-corrected chi connectivity index (χ3v) is 4.99. The zero-order chi connectivity index (χ0) is 19.3. The molecule has 0 atom stereocenters. The van der Waals surface area contributed by atoms with Crippen LogP contribution < -0.4 is 10.1 Å². The van der Waals surface area contributed by atoms with Gasteiger partial charge in [-0.3, -0.25) is 4.79 Å².